The summed E-state index contributed by atoms with van der Waals surface area (Å²) in [6.07, 6.45) is 3.96. The molecule has 1 aliphatic rings. The number of fused-ring (bicyclic) bond motifs is 1. The number of piperidine rings is 1. The van der Waals surface area contributed by atoms with Crippen LogP contribution < -0.4 is 10.2 Å². The molecule has 0 amide bonds. The lowest BCUT2D eigenvalue weighted by Gasteiger charge is -2.34. The van der Waals surface area contributed by atoms with E-state index in [4.69, 9.17) is 0 Å². The highest BCUT2D eigenvalue weighted by Gasteiger charge is 2.23. The molecule has 2 aromatic rings. The maximum absolute atomic E-state index is 11.2. The van der Waals surface area contributed by atoms with Crippen LogP contribution in [0.4, 0.5) is 11.4 Å². The summed E-state index contributed by atoms with van der Waals surface area (Å²) >= 11 is 0. The fraction of sp³-hybridized carbons (Fsp3) is 0.400. The van der Waals surface area contributed by atoms with Crippen LogP contribution in [0.5, 0.6) is 0 Å². The van der Waals surface area contributed by atoms with E-state index in [0.29, 0.717) is 16.9 Å². The number of nitro benzene ring substituents is 1. The molecule has 3 rings (SSSR count). The van der Waals surface area contributed by atoms with Gasteiger partial charge in [0, 0.05) is 31.4 Å². The van der Waals surface area contributed by atoms with Gasteiger partial charge in [0.25, 0.3) is 5.69 Å². The van der Waals surface area contributed by atoms with Gasteiger partial charge in [-0.05, 0) is 38.1 Å². The predicted octanol–water partition coefficient (Wildman–Crippen LogP) is 2.33. The van der Waals surface area contributed by atoms with E-state index < -0.39 is 0 Å². The number of nitrogens with one attached hydrogen (secondary N) is 1. The molecule has 0 aliphatic carbocycles. The topological polar surface area (TPSA) is 71.3 Å². The van der Waals surface area contributed by atoms with Crippen molar-refractivity contribution in [2.45, 2.75) is 18.9 Å². The molecule has 1 fully saturated rings. The fourth-order valence-corrected chi connectivity index (χ4v) is 2.99. The minimum Gasteiger partial charge on any atom is -0.368 e. The first-order chi connectivity index (χ1) is 10.2. The maximum Gasteiger partial charge on any atom is 0.278 e. The number of nitro groups is 1. The van der Waals surface area contributed by atoms with Gasteiger partial charge in [-0.3, -0.25) is 15.1 Å². The van der Waals surface area contributed by atoms with Crippen molar-refractivity contribution < 1.29 is 4.92 Å². The molecule has 1 N–H and O–H groups in total. The minimum atomic E-state index is -0.347. The number of non-ortho nitro benzene ring substituents is 1. The van der Waals surface area contributed by atoms with Crippen molar-refractivity contribution in [3.05, 3.63) is 40.6 Å². The van der Waals surface area contributed by atoms with Crippen molar-refractivity contribution in [2.24, 2.45) is 0 Å². The van der Waals surface area contributed by atoms with E-state index in [1.807, 2.05) is 13.1 Å². The molecule has 0 radical (unpaired) electrons. The molecule has 1 aliphatic heterocycles. The van der Waals surface area contributed by atoms with Crippen LogP contribution in [0.15, 0.2) is 30.5 Å². The van der Waals surface area contributed by atoms with E-state index in [1.54, 1.807) is 24.4 Å². The smallest absolute Gasteiger partial charge is 0.278 e. The average molecular weight is 286 g/mol. The van der Waals surface area contributed by atoms with Gasteiger partial charge in [-0.15, -0.1) is 0 Å². The lowest BCUT2D eigenvalue weighted by Crippen LogP contribution is -2.44. The maximum atomic E-state index is 11.2. The second-order valence-electron chi connectivity index (χ2n) is 5.33. The lowest BCUT2D eigenvalue weighted by atomic mass is 10.0. The molecule has 110 valence electrons. The molecule has 6 heteroatoms. The molecule has 1 aromatic heterocycles. The number of hydrogen-bond donors (Lipinski definition) is 1. The van der Waals surface area contributed by atoms with E-state index >= 15 is 0 Å². The van der Waals surface area contributed by atoms with E-state index in [9.17, 15) is 10.1 Å². The van der Waals surface area contributed by atoms with Crippen molar-refractivity contribution in [1.82, 2.24) is 10.3 Å². The van der Waals surface area contributed by atoms with Crippen LogP contribution in [-0.2, 0) is 0 Å². The quantitative estimate of drug-likeness (QED) is 0.692. The molecule has 1 aromatic carbocycles. The highest BCUT2D eigenvalue weighted by atomic mass is 16.6. The number of hydrogen-bond acceptors (Lipinski definition) is 5. The van der Waals surface area contributed by atoms with Gasteiger partial charge in [0.15, 0.2) is 0 Å². The molecule has 0 spiro atoms. The highest BCUT2D eigenvalue weighted by Crippen LogP contribution is 2.33. The van der Waals surface area contributed by atoms with Gasteiger partial charge in [-0.2, -0.15) is 0 Å². The number of benzene rings is 1. The Hall–Kier alpha value is -2.21. The van der Waals surface area contributed by atoms with Crippen molar-refractivity contribution in [2.75, 3.05) is 25.0 Å². The molecule has 6 nitrogen and oxygen atoms in total. The number of aromatic nitrogens is 1. The summed E-state index contributed by atoms with van der Waals surface area (Å²) in [5, 5.41) is 15.1. The summed E-state index contributed by atoms with van der Waals surface area (Å²) in [6.45, 7) is 1.86. The van der Waals surface area contributed by atoms with Gasteiger partial charge in [0.2, 0.25) is 0 Å². The molecule has 1 saturated heterocycles. The van der Waals surface area contributed by atoms with E-state index in [1.165, 1.54) is 0 Å². The van der Waals surface area contributed by atoms with Crippen LogP contribution in [-0.4, -0.2) is 36.1 Å². The van der Waals surface area contributed by atoms with Gasteiger partial charge in [0.05, 0.1) is 16.0 Å². The normalized spacial score (nSPS) is 18.9. The second kappa shape index (κ2) is 5.65. The zero-order chi connectivity index (χ0) is 14.8. The molecular weight excluding hydrogens is 268 g/mol. The second-order valence-corrected chi connectivity index (χ2v) is 5.33. The molecule has 1 atom stereocenters. The molecular formula is C15H18N4O2. The van der Waals surface area contributed by atoms with E-state index in [-0.39, 0.29) is 10.6 Å². The zero-order valence-corrected chi connectivity index (χ0v) is 12.0. The lowest BCUT2D eigenvalue weighted by molar-refractivity contribution is -0.383. The molecule has 0 bridgehead atoms. The Balaban J connectivity index is 2.07. The summed E-state index contributed by atoms with van der Waals surface area (Å²) in [5.74, 6) is 0. The third-order valence-electron chi connectivity index (χ3n) is 4.09. The van der Waals surface area contributed by atoms with Gasteiger partial charge >= 0.3 is 0 Å². The Morgan fingerprint density at radius 1 is 1.43 bits per heavy atom. The average Bonchev–Trinajstić information content (AvgIpc) is 2.53. The summed E-state index contributed by atoms with van der Waals surface area (Å²) < 4.78 is 0. The monoisotopic (exact) mass is 286 g/mol. The summed E-state index contributed by atoms with van der Waals surface area (Å²) in [4.78, 5) is 17.5. The molecule has 2 heterocycles. The van der Waals surface area contributed by atoms with Gasteiger partial charge in [0.1, 0.15) is 5.52 Å². The number of anilines is 1. The van der Waals surface area contributed by atoms with Crippen LogP contribution in [0, 0.1) is 10.1 Å². The van der Waals surface area contributed by atoms with Crippen molar-refractivity contribution >= 4 is 22.3 Å². The fourth-order valence-electron chi connectivity index (χ4n) is 2.99. The largest absolute Gasteiger partial charge is 0.368 e. The summed E-state index contributed by atoms with van der Waals surface area (Å²) in [6, 6.07) is 7.37. The van der Waals surface area contributed by atoms with E-state index in [0.717, 1.165) is 31.6 Å². The Bertz CT molecular complexity index is 674. The third-order valence-corrected chi connectivity index (χ3v) is 4.09. The van der Waals surface area contributed by atoms with Gasteiger partial charge in [-0.1, -0.05) is 0 Å². The van der Waals surface area contributed by atoms with Gasteiger partial charge in [-0.25, -0.2) is 0 Å². The van der Waals surface area contributed by atoms with Crippen LogP contribution in [0.1, 0.15) is 12.8 Å². The first-order valence-electron chi connectivity index (χ1n) is 7.15. The number of likely N-dealkylation sites (N-methyl/N-ethyl adjacent to an activating group) is 1. The first-order valence-corrected chi connectivity index (χ1v) is 7.15. The SMILES string of the molecule is CNC1CCCN(c2ccc([N+](=O)[O-])c3cccnc23)C1. The first kappa shape index (κ1) is 13.8. The Morgan fingerprint density at radius 2 is 2.29 bits per heavy atom. The Morgan fingerprint density at radius 3 is 3.05 bits per heavy atom. The zero-order valence-electron chi connectivity index (χ0n) is 12.0. The van der Waals surface area contributed by atoms with Crippen LogP contribution in [0.3, 0.4) is 0 Å². The van der Waals surface area contributed by atoms with Crippen molar-refractivity contribution in [3.8, 4) is 0 Å². The number of pyridine rings is 1. The highest BCUT2D eigenvalue weighted by molar-refractivity contribution is 5.97. The van der Waals surface area contributed by atoms with E-state index in [2.05, 4.69) is 15.2 Å². The predicted molar refractivity (Wildman–Crippen MR) is 82.7 cm³/mol. The Kier molecular flexibility index (Phi) is 3.70. The van der Waals surface area contributed by atoms with Crippen LogP contribution in [0.25, 0.3) is 10.9 Å². The minimum absolute atomic E-state index is 0.115. The van der Waals surface area contributed by atoms with Crippen LogP contribution >= 0.6 is 0 Å². The van der Waals surface area contributed by atoms with Crippen molar-refractivity contribution in [3.63, 3.8) is 0 Å². The molecule has 1 unspecified atom stereocenters. The molecule has 21 heavy (non-hydrogen) atoms. The van der Waals surface area contributed by atoms with Crippen LogP contribution in [0.2, 0.25) is 0 Å². The number of nitrogens with zero attached hydrogens (tertiary/aromatic N) is 3. The summed E-state index contributed by atoms with van der Waals surface area (Å²) in [7, 11) is 1.97. The third kappa shape index (κ3) is 2.54. The van der Waals surface area contributed by atoms with Crippen molar-refractivity contribution in [1.29, 1.82) is 0 Å². The molecule has 0 saturated carbocycles. The Labute approximate surface area is 122 Å². The number of rotatable bonds is 3. The summed E-state index contributed by atoms with van der Waals surface area (Å²) in [5.41, 5.74) is 1.81. The standard InChI is InChI=1S/C15H18N4O2/c1-16-11-4-3-9-18(10-11)14-7-6-13(19(20)21)12-5-2-8-17-15(12)14/h2,5-8,11,16H,3-4,9-10H2,1H3. The van der Waals surface area contributed by atoms with Gasteiger partial charge < -0.3 is 10.2 Å².